The Morgan fingerprint density at radius 3 is 2.29 bits per heavy atom. The molecule has 0 fully saturated rings. The highest BCUT2D eigenvalue weighted by atomic mass is 16.1. The standard InChI is InChI=1S/C23H13N3O2/c27-21-13-6-1-2-7-14(13)22(28)19-15(21)9-10-18-20(19)26-23(25-18)16-11-24-17-8-4-3-5-12(16)17/h1-11,24H,(H,25,26). The van der Waals surface area contributed by atoms with Gasteiger partial charge in [0, 0.05) is 39.4 Å². The number of fused-ring (bicyclic) bond motifs is 5. The number of benzene rings is 3. The van der Waals surface area contributed by atoms with Gasteiger partial charge >= 0.3 is 0 Å². The molecule has 2 N–H and O–H groups in total. The molecule has 0 atom stereocenters. The predicted octanol–water partition coefficient (Wildman–Crippen LogP) is 4.49. The van der Waals surface area contributed by atoms with E-state index >= 15 is 0 Å². The number of para-hydroxylation sites is 1. The number of nitrogens with zero attached hydrogens (tertiary/aromatic N) is 1. The van der Waals surface area contributed by atoms with Crippen molar-refractivity contribution in [2.24, 2.45) is 0 Å². The largest absolute Gasteiger partial charge is 0.360 e. The Morgan fingerprint density at radius 1 is 0.679 bits per heavy atom. The lowest BCUT2D eigenvalue weighted by molar-refractivity contribution is 0.0980. The molecule has 1 aliphatic carbocycles. The minimum absolute atomic E-state index is 0.135. The highest BCUT2D eigenvalue weighted by Crippen LogP contribution is 2.34. The monoisotopic (exact) mass is 363 g/mol. The first-order chi connectivity index (χ1) is 13.7. The SMILES string of the molecule is O=C1c2ccccc2C(=O)c2c1ccc1[nH]c(-c3c[nH]c4ccccc34)nc21. The van der Waals surface area contributed by atoms with Crippen molar-refractivity contribution in [3.8, 4) is 11.4 Å². The Labute approximate surface area is 159 Å². The first-order valence-corrected chi connectivity index (χ1v) is 9.00. The molecule has 2 heterocycles. The zero-order chi connectivity index (χ0) is 18.8. The molecule has 2 aromatic heterocycles. The van der Waals surface area contributed by atoms with Gasteiger partial charge in [-0.2, -0.15) is 0 Å². The van der Waals surface area contributed by atoms with Crippen LogP contribution in [0.15, 0.2) is 66.9 Å². The quantitative estimate of drug-likeness (QED) is 0.452. The van der Waals surface area contributed by atoms with E-state index in [0.717, 1.165) is 22.0 Å². The maximum atomic E-state index is 13.2. The summed E-state index contributed by atoms with van der Waals surface area (Å²) in [6.45, 7) is 0. The molecule has 0 aliphatic heterocycles. The molecule has 0 spiro atoms. The molecule has 6 rings (SSSR count). The number of carbonyl (C=O) groups excluding carboxylic acids is 2. The normalized spacial score (nSPS) is 13.1. The van der Waals surface area contributed by atoms with Crippen LogP contribution in [-0.2, 0) is 0 Å². The summed E-state index contributed by atoms with van der Waals surface area (Å²) in [7, 11) is 0. The Kier molecular flexibility index (Phi) is 2.84. The van der Waals surface area contributed by atoms with Crippen molar-refractivity contribution in [3.05, 3.63) is 89.1 Å². The van der Waals surface area contributed by atoms with Gasteiger partial charge in [0.25, 0.3) is 0 Å². The number of H-pyrrole nitrogens is 2. The summed E-state index contributed by atoms with van der Waals surface area (Å²) in [6.07, 6.45) is 1.90. The van der Waals surface area contributed by atoms with Gasteiger partial charge < -0.3 is 9.97 Å². The number of imidazole rings is 1. The molecule has 5 aromatic rings. The van der Waals surface area contributed by atoms with E-state index in [-0.39, 0.29) is 11.6 Å². The van der Waals surface area contributed by atoms with Gasteiger partial charge in [-0.3, -0.25) is 9.59 Å². The number of ketones is 2. The molecule has 0 amide bonds. The van der Waals surface area contributed by atoms with Gasteiger partial charge in [-0.15, -0.1) is 0 Å². The third kappa shape index (κ3) is 1.87. The second-order valence-electron chi connectivity index (χ2n) is 6.92. The fourth-order valence-corrected chi connectivity index (χ4v) is 4.05. The van der Waals surface area contributed by atoms with Gasteiger partial charge in [-0.05, 0) is 18.2 Å². The van der Waals surface area contributed by atoms with Crippen LogP contribution in [0.4, 0.5) is 0 Å². The lowest BCUT2D eigenvalue weighted by Gasteiger charge is -2.17. The van der Waals surface area contributed by atoms with Crippen molar-refractivity contribution in [2.45, 2.75) is 0 Å². The van der Waals surface area contributed by atoms with Crippen molar-refractivity contribution in [2.75, 3.05) is 0 Å². The summed E-state index contributed by atoms with van der Waals surface area (Å²) < 4.78 is 0. The smallest absolute Gasteiger partial charge is 0.196 e. The van der Waals surface area contributed by atoms with E-state index in [2.05, 4.69) is 9.97 Å². The van der Waals surface area contributed by atoms with Crippen LogP contribution in [0.25, 0.3) is 33.3 Å². The molecular weight excluding hydrogens is 350 g/mol. The molecule has 1 aliphatic rings. The second-order valence-corrected chi connectivity index (χ2v) is 6.92. The lowest BCUT2D eigenvalue weighted by atomic mass is 9.83. The zero-order valence-electron chi connectivity index (χ0n) is 14.6. The number of hydrogen-bond acceptors (Lipinski definition) is 3. The minimum atomic E-state index is -0.159. The maximum absolute atomic E-state index is 13.2. The van der Waals surface area contributed by atoms with Crippen LogP contribution in [-0.4, -0.2) is 26.5 Å². The summed E-state index contributed by atoms with van der Waals surface area (Å²) in [4.78, 5) is 37.3. The Morgan fingerprint density at radius 2 is 1.43 bits per heavy atom. The number of carbonyl (C=O) groups is 2. The van der Waals surface area contributed by atoms with E-state index in [1.54, 1.807) is 30.3 Å². The van der Waals surface area contributed by atoms with E-state index in [4.69, 9.17) is 4.98 Å². The number of hydrogen-bond donors (Lipinski definition) is 2. The molecule has 0 unspecified atom stereocenters. The fourth-order valence-electron chi connectivity index (χ4n) is 4.05. The average Bonchev–Trinajstić information content (AvgIpc) is 3.35. The number of nitrogens with one attached hydrogen (secondary N) is 2. The molecule has 0 saturated heterocycles. The van der Waals surface area contributed by atoms with Crippen molar-refractivity contribution < 1.29 is 9.59 Å². The van der Waals surface area contributed by atoms with E-state index in [1.165, 1.54) is 0 Å². The van der Waals surface area contributed by atoms with E-state index < -0.39 is 0 Å². The van der Waals surface area contributed by atoms with Crippen LogP contribution in [0.1, 0.15) is 31.8 Å². The molecule has 3 aromatic carbocycles. The second kappa shape index (κ2) is 5.27. The van der Waals surface area contributed by atoms with Gasteiger partial charge in [0.15, 0.2) is 11.6 Å². The Hall–Kier alpha value is -3.99. The van der Waals surface area contributed by atoms with Gasteiger partial charge in [0.05, 0.1) is 11.1 Å². The van der Waals surface area contributed by atoms with E-state index in [9.17, 15) is 9.59 Å². The summed E-state index contributed by atoms with van der Waals surface area (Å²) >= 11 is 0. The summed E-state index contributed by atoms with van der Waals surface area (Å²) in [5.74, 6) is 0.372. The number of aromatic amines is 2. The maximum Gasteiger partial charge on any atom is 0.196 e. The number of rotatable bonds is 1. The first kappa shape index (κ1) is 15.1. The predicted molar refractivity (Wildman–Crippen MR) is 107 cm³/mol. The highest BCUT2D eigenvalue weighted by Gasteiger charge is 2.32. The van der Waals surface area contributed by atoms with Crippen molar-refractivity contribution in [1.82, 2.24) is 15.0 Å². The molecule has 0 radical (unpaired) electrons. The van der Waals surface area contributed by atoms with Gasteiger partial charge in [0.2, 0.25) is 0 Å². The molecule has 132 valence electrons. The van der Waals surface area contributed by atoms with E-state index in [1.807, 2.05) is 36.5 Å². The Balaban J connectivity index is 1.62. The van der Waals surface area contributed by atoms with Crippen LogP contribution < -0.4 is 0 Å². The van der Waals surface area contributed by atoms with Crippen molar-refractivity contribution in [1.29, 1.82) is 0 Å². The number of aromatic nitrogens is 3. The average molecular weight is 363 g/mol. The van der Waals surface area contributed by atoms with Crippen LogP contribution >= 0.6 is 0 Å². The lowest BCUT2D eigenvalue weighted by Crippen LogP contribution is -2.21. The van der Waals surface area contributed by atoms with Gasteiger partial charge in [0.1, 0.15) is 11.3 Å². The Bertz CT molecular complexity index is 1460. The summed E-state index contributed by atoms with van der Waals surface area (Å²) in [5.41, 5.74) is 4.88. The molecular formula is C23H13N3O2. The van der Waals surface area contributed by atoms with Gasteiger partial charge in [-0.1, -0.05) is 42.5 Å². The first-order valence-electron chi connectivity index (χ1n) is 9.00. The van der Waals surface area contributed by atoms with Crippen molar-refractivity contribution >= 4 is 33.5 Å². The highest BCUT2D eigenvalue weighted by molar-refractivity contribution is 6.31. The van der Waals surface area contributed by atoms with Crippen LogP contribution in [0.2, 0.25) is 0 Å². The molecule has 5 heteroatoms. The topological polar surface area (TPSA) is 78.6 Å². The minimum Gasteiger partial charge on any atom is -0.360 e. The van der Waals surface area contributed by atoms with Crippen LogP contribution in [0.3, 0.4) is 0 Å². The fraction of sp³-hybridized carbons (Fsp3) is 0. The van der Waals surface area contributed by atoms with Crippen LogP contribution in [0, 0.1) is 0 Å². The van der Waals surface area contributed by atoms with E-state index in [0.29, 0.717) is 33.6 Å². The van der Waals surface area contributed by atoms with Gasteiger partial charge in [-0.25, -0.2) is 4.98 Å². The molecule has 0 saturated carbocycles. The zero-order valence-corrected chi connectivity index (χ0v) is 14.6. The molecule has 0 bridgehead atoms. The third-order valence-electron chi connectivity index (χ3n) is 5.39. The third-order valence-corrected chi connectivity index (χ3v) is 5.39. The van der Waals surface area contributed by atoms with Crippen LogP contribution in [0.5, 0.6) is 0 Å². The summed E-state index contributed by atoms with van der Waals surface area (Å²) in [6, 6.07) is 18.5. The molecule has 28 heavy (non-hydrogen) atoms. The van der Waals surface area contributed by atoms with Crippen molar-refractivity contribution in [3.63, 3.8) is 0 Å². The summed E-state index contributed by atoms with van der Waals surface area (Å²) in [5, 5.41) is 1.04. The molecule has 5 nitrogen and oxygen atoms in total.